The third-order valence-corrected chi connectivity index (χ3v) is 3.57. The van der Waals surface area contributed by atoms with Crippen molar-refractivity contribution in [2.24, 2.45) is 0 Å². The lowest BCUT2D eigenvalue weighted by Crippen LogP contribution is -2.17. The summed E-state index contributed by atoms with van der Waals surface area (Å²) in [5.74, 6) is 1.52. The molecule has 1 aliphatic heterocycles. The lowest BCUT2D eigenvalue weighted by Gasteiger charge is -2.15. The van der Waals surface area contributed by atoms with E-state index in [4.69, 9.17) is 14.3 Å². The van der Waals surface area contributed by atoms with E-state index in [-0.39, 0.29) is 0 Å². The molecule has 6 nitrogen and oxygen atoms in total. The van der Waals surface area contributed by atoms with Crippen molar-refractivity contribution in [3.8, 4) is 22.8 Å². The molecular weight excluding hydrogens is 270 g/mol. The van der Waals surface area contributed by atoms with E-state index in [1.807, 2.05) is 29.5 Å². The van der Waals surface area contributed by atoms with Crippen LogP contribution in [0.5, 0.6) is 11.5 Å². The fraction of sp³-hybridized carbons (Fsp3) is 0.400. The van der Waals surface area contributed by atoms with E-state index >= 15 is 0 Å². The molecule has 21 heavy (non-hydrogen) atoms. The first-order chi connectivity index (χ1) is 10.3. The van der Waals surface area contributed by atoms with E-state index in [9.17, 15) is 0 Å². The number of benzene rings is 1. The maximum absolute atomic E-state index is 5.55. The number of aromatic amines is 1. The van der Waals surface area contributed by atoms with Gasteiger partial charge in [-0.15, -0.1) is 0 Å². The molecule has 0 radical (unpaired) electrons. The van der Waals surface area contributed by atoms with Gasteiger partial charge in [0.15, 0.2) is 0 Å². The van der Waals surface area contributed by atoms with Crippen LogP contribution in [0.25, 0.3) is 11.3 Å². The highest BCUT2D eigenvalue weighted by atomic mass is 16.7. The van der Waals surface area contributed by atoms with Gasteiger partial charge in [0.05, 0.1) is 39.3 Å². The number of nitrogens with zero attached hydrogens (tertiary/aromatic N) is 2. The zero-order chi connectivity index (χ0) is 14.7. The number of hydrogen-bond acceptors (Lipinski definition) is 5. The molecule has 3 rings (SSSR count). The fourth-order valence-electron chi connectivity index (χ4n) is 2.48. The van der Waals surface area contributed by atoms with E-state index in [2.05, 4.69) is 10.2 Å². The van der Waals surface area contributed by atoms with E-state index in [0.717, 1.165) is 47.9 Å². The molecule has 1 aromatic heterocycles. The molecular formula is C15H19N3O3. The Morgan fingerprint density at radius 3 is 2.95 bits per heavy atom. The Morgan fingerprint density at radius 2 is 2.24 bits per heavy atom. The minimum Gasteiger partial charge on any atom is -0.497 e. The van der Waals surface area contributed by atoms with Gasteiger partial charge in [0.2, 0.25) is 0 Å². The zero-order valence-corrected chi connectivity index (χ0v) is 12.3. The van der Waals surface area contributed by atoms with Crippen LogP contribution in [-0.4, -0.2) is 42.6 Å². The monoisotopic (exact) mass is 289 g/mol. The Kier molecular flexibility index (Phi) is 4.08. The minimum atomic E-state index is 0.709. The summed E-state index contributed by atoms with van der Waals surface area (Å²) in [4.78, 5) is 5.55. The predicted molar refractivity (Wildman–Crippen MR) is 78.1 cm³/mol. The van der Waals surface area contributed by atoms with E-state index in [0.29, 0.717) is 6.54 Å². The first-order valence-electron chi connectivity index (χ1n) is 6.94. The highest BCUT2D eigenvalue weighted by molar-refractivity contribution is 5.70. The second kappa shape index (κ2) is 6.15. The van der Waals surface area contributed by atoms with Gasteiger partial charge in [0, 0.05) is 23.7 Å². The summed E-state index contributed by atoms with van der Waals surface area (Å²) in [6.07, 6.45) is 2.90. The van der Waals surface area contributed by atoms with Crippen LogP contribution in [0, 0.1) is 0 Å². The van der Waals surface area contributed by atoms with Gasteiger partial charge in [0.1, 0.15) is 11.5 Å². The minimum absolute atomic E-state index is 0.709. The van der Waals surface area contributed by atoms with Crippen molar-refractivity contribution < 1.29 is 14.3 Å². The highest BCUT2D eigenvalue weighted by Gasteiger charge is 2.18. The van der Waals surface area contributed by atoms with Crippen LogP contribution in [0.3, 0.4) is 0 Å². The molecule has 112 valence electrons. The van der Waals surface area contributed by atoms with Gasteiger partial charge in [0.25, 0.3) is 0 Å². The van der Waals surface area contributed by atoms with Gasteiger partial charge in [-0.05, 0) is 18.6 Å². The van der Waals surface area contributed by atoms with E-state index < -0.39 is 0 Å². The lowest BCUT2D eigenvalue weighted by atomic mass is 10.1. The van der Waals surface area contributed by atoms with Crippen molar-refractivity contribution in [2.45, 2.75) is 13.0 Å². The summed E-state index contributed by atoms with van der Waals surface area (Å²) in [6.45, 7) is 2.45. The molecule has 6 heteroatoms. The van der Waals surface area contributed by atoms with Crippen LogP contribution < -0.4 is 9.47 Å². The molecule has 1 N–H and O–H groups in total. The van der Waals surface area contributed by atoms with Gasteiger partial charge in [-0.2, -0.15) is 10.2 Å². The normalized spacial score (nSPS) is 15.3. The van der Waals surface area contributed by atoms with Crippen LogP contribution in [0.1, 0.15) is 12.0 Å². The third-order valence-electron chi connectivity index (χ3n) is 3.57. The van der Waals surface area contributed by atoms with Crippen LogP contribution in [0.2, 0.25) is 0 Å². The molecule has 2 heterocycles. The maximum Gasteiger partial charge on any atom is 0.131 e. The molecule has 1 aromatic carbocycles. The van der Waals surface area contributed by atoms with Crippen molar-refractivity contribution in [2.75, 3.05) is 27.4 Å². The van der Waals surface area contributed by atoms with Crippen LogP contribution >= 0.6 is 0 Å². The second-order valence-corrected chi connectivity index (χ2v) is 4.89. The van der Waals surface area contributed by atoms with Crippen LogP contribution in [0.15, 0.2) is 24.4 Å². The van der Waals surface area contributed by atoms with E-state index in [1.54, 1.807) is 14.2 Å². The molecule has 1 aliphatic rings. The number of hydroxylamine groups is 2. The maximum atomic E-state index is 5.55. The van der Waals surface area contributed by atoms with Crippen molar-refractivity contribution in [1.29, 1.82) is 0 Å². The summed E-state index contributed by atoms with van der Waals surface area (Å²) < 4.78 is 10.7. The van der Waals surface area contributed by atoms with Gasteiger partial charge >= 0.3 is 0 Å². The Hall–Kier alpha value is -2.05. The van der Waals surface area contributed by atoms with Crippen molar-refractivity contribution in [3.05, 3.63) is 30.0 Å². The smallest absolute Gasteiger partial charge is 0.131 e. The summed E-state index contributed by atoms with van der Waals surface area (Å²) in [5.41, 5.74) is 3.00. The molecule has 0 spiro atoms. The predicted octanol–water partition coefficient (Wildman–Crippen LogP) is 2.23. The van der Waals surface area contributed by atoms with E-state index in [1.165, 1.54) is 0 Å². The molecule has 1 fully saturated rings. The van der Waals surface area contributed by atoms with Crippen LogP contribution in [-0.2, 0) is 11.4 Å². The Bertz CT molecular complexity index is 606. The van der Waals surface area contributed by atoms with Gasteiger partial charge in [-0.1, -0.05) is 0 Å². The average molecular weight is 289 g/mol. The molecule has 2 aromatic rings. The summed E-state index contributed by atoms with van der Waals surface area (Å²) in [6, 6.07) is 5.75. The number of methoxy groups -OCH3 is 2. The Labute approximate surface area is 123 Å². The van der Waals surface area contributed by atoms with Gasteiger partial charge in [-0.25, -0.2) is 0 Å². The molecule has 0 atom stereocenters. The third kappa shape index (κ3) is 2.86. The number of hydrogen-bond donors (Lipinski definition) is 1. The topological polar surface area (TPSA) is 59.6 Å². The fourth-order valence-corrected chi connectivity index (χ4v) is 2.48. The van der Waals surface area contributed by atoms with Crippen molar-refractivity contribution in [1.82, 2.24) is 15.3 Å². The number of nitrogens with one attached hydrogen (secondary N) is 1. The molecule has 0 saturated carbocycles. The Morgan fingerprint density at radius 1 is 1.33 bits per heavy atom. The van der Waals surface area contributed by atoms with Gasteiger partial charge in [-0.3, -0.25) is 9.94 Å². The van der Waals surface area contributed by atoms with Gasteiger partial charge < -0.3 is 9.47 Å². The number of H-pyrrole nitrogens is 1. The first-order valence-corrected chi connectivity index (χ1v) is 6.94. The molecule has 0 amide bonds. The largest absolute Gasteiger partial charge is 0.497 e. The molecule has 0 aliphatic carbocycles. The summed E-state index contributed by atoms with van der Waals surface area (Å²) >= 11 is 0. The standard InChI is InChI=1S/C15H19N3O3/c1-19-12-4-5-13(14(8-12)20-2)15-11(9-16-17-15)10-18-6-3-7-21-18/h4-5,8-9H,3,6-7,10H2,1-2H3,(H,16,17). The number of rotatable bonds is 5. The van der Waals surface area contributed by atoms with Crippen LogP contribution in [0.4, 0.5) is 0 Å². The lowest BCUT2D eigenvalue weighted by molar-refractivity contribution is -0.117. The second-order valence-electron chi connectivity index (χ2n) is 4.89. The first kappa shape index (κ1) is 13.9. The summed E-state index contributed by atoms with van der Waals surface area (Å²) in [7, 11) is 3.29. The number of aromatic nitrogens is 2. The summed E-state index contributed by atoms with van der Waals surface area (Å²) in [5, 5.41) is 9.18. The highest BCUT2D eigenvalue weighted by Crippen LogP contribution is 2.34. The molecule has 1 saturated heterocycles. The molecule has 0 bridgehead atoms. The van der Waals surface area contributed by atoms with Crippen molar-refractivity contribution >= 4 is 0 Å². The SMILES string of the molecule is COc1ccc(-c2[nH]ncc2CN2CCCO2)c(OC)c1. The van der Waals surface area contributed by atoms with Crippen molar-refractivity contribution in [3.63, 3.8) is 0 Å². The Balaban J connectivity index is 1.91. The quantitative estimate of drug-likeness (QED) is 0.914. The number of ether oxygens (including phenoxy) is 2. The zero-order valence-electron chi connectivity index (χ0n) is 12.3. The molecule has 0 unspecified atom stereocenters. The average Bonchev–Trinajstić information content (AvgIpc) is 3.19.